The van der Waals surface area contributed by atoms with Crippen LogP contribution in [-0.4, -0.2) is 0 Å². The third kappa shape index (κ3) is 9.02. The van der Waals surface area contributed by atoms with Crippen molar-refractivity contribution in [2.24, 2.45) is 0 Å². The van der Waals surface area contributed by atoms with E-state index in [1.165, 1.54) is 36.2 Å². The molecular weight excluding hydrogens is 240 g/mol. The van der Waals surface area contributed by atoms with Gasteiger partial charge in [0.2, 0.25) is 0 Å². The molecule has 0 aromatic rings. The Hall–Kier alpha value is 1.35. The summed E-state index contributed by atoms with van der Waals surface area (Å²) >= 11 is 1.48. The number of unbranched alkanes of at least 4 members (excludes halogenated alkanes) is 1. The fourth-order valence-electron chi connectivity index (χ4n) is 0.250. The molecule has 0 bridgehead atoms. The Bertz CT molecular complexity index is 15.0. The minimum absolute atomic E-state index is 0. The van der Waals surface area contributed by atoms with Crippen LogP contribution in [0.3, 0.4) is 0 Å². The molecule has 0 aromatic heterocycles. The summed E-state index contributed by atoms with van der Waals surface area (Å²) in [6.45, 7) is 2.23. The summed E-state index contributed by atoms with van der Waals surface area (Å²) in [6.07, 6.45) is 2.82. The molecule has 0 rings (SSSR count). The minimum Gasteiger partial charge on any atom is -0.107 e. The van der Waals surface area contributed by atoms with Crippen LogP contribution in [0.15, 0.2) is 0 Å². The van der Waals surface area contributed by atoms with Crippen molar-refractivity contribution in [2.75, 3.05) is 0 Å². The van der Waals surface area contributed by atoms with E-state index in [0.717, 1.165) is 0 Å². The van der Waals surface area contributed by atoms with Gasteiger partial charge in [0, 0.05) is 0 Å². The van der Waals surface area contributed by atoms with Gasteiger partial charge >= 0.3 is 43.1 Å². The second-order valence-electron chi connectivity index (χ2n) is 1.21. The van der Waals surface area contributed by atoms with Crippen molar-refractivity contribution in [2.45, 2.75) is 24.8 Å². The van der Waals surface area contributed by atoms with Crippen LogP contribution < -0.4 is 0 Å². The summed E-state index contributed by atoms with van der Waals surface area (Å²) in [6, 6.07) is 0. The zero-order chi connectivity index (χ0) is 4.12. The van der Waals surface area contributed by atoms with Crippen molar-refractivity contribution in [1.29, 1.82) is 0 Å². The Kier molecular flexibility index (Phi) is 16.6. The SMILES string of the molecule is CCC[CH2][Zn].I. The van der Waals surface area contributed by atoms with Crippen molar-refractivity contribution < 1.29 is 18.3 Å². The third-order valence-corrected chi connectivity index (χ3v) is 1.65. The van der Waals surface area contributed by atoms with Crippen LogP contribution in [0.5, 0.6) is 0 Å². The van der Waals surface area contributed by atoms with E-state index >= 15 is 0 Å². The van der Waals surface area contributed by atoms with Gasteiger partial charge in [0.25, 0.3) is 0 Å². The first-order valence-electron chi connectivity index (χ1n) is 2.21. The minimum atomic E-state index is 0. The quantitative estimate of drug-likeness (QED) is 0.521. The average molecular weight is 250 g/mol. The molecule has 0 saturated carbocycles. The van der Waals surface area contributed by atoms with E-state index in [2.05, 4.69) is 6.92 Å². The fraction of sp³-hybridized carbons (Fsp3) is 1.00. The molecular formula is C4H10IZn. The van der Waals surface area contributed by atoms with Gasteiger partial charge in [-0.1, -0.05) is 0 Å². The molecule has 6 heavy (non-hydrogen) atoms. The van der Waals surface area contributed by atoms with E-state index in [1.54, 1.807) is 0 Å². The Morgan fingerprint density at radius 3 is 2.00 bits per heavy atom. The molecule has 0 heterocycles. The first-order valence-corrected chi connectivity index (χ1v) is 4.31. The first-order chi connectivity index (χ1) is 2.41. The Morgan fingerprint density at radius 1 is 1.50 bits per heavy atom. The molecule has 0 spiro atoms. The van der Waals surface area contributed by atoms with Crippen LogP contribution >= 0.6 is 24.0 Å². The standard InChI is InChI=1S/C4H9.HI.Zn/c1-3-4-2;;/h1,3-4H2,2H3;1H;. The molecule has 0 atom stereocenters. The van der Waals surface area contributed by atoms with Crippen LogP contribution in [-0.2, 0) is 18.3 Å². The molecule has 0 fully saturated rings. The predicted octanol–water partition coefficient (Wildman–Crippen LogP) is 2.37. The van der Waals surface area contributed by atoms with Crippen molar-refractivity contribution in [3.63, 3.8) is 0 Å². The molecule has 0 aliphatic heterocycles. The largest absolute Gasteiger partial charge is 0.107 e. The van der Waals surface area contributed by atoms with Gasteiger partial charge in [-0.2, -0.15) is 0 Å². The van der Waals surface area contributed by atoms with Gasteiger partial charge in [0.05, 0.1) is 0 Å². The smallest absolute Gasteiger partial charge is 0.107 e. The number of hydrogen-bond acceptors (Lipinski definition) is 0. The van der Waals surface area contributed by atoms with E-state index < -0.39 is 0 Å². The van der Waals surface area contributed by atoms with Crippen LogP contribution in [0.2, 0.25) is 5.02 Å². The van der Waals surface area contributed by atoms with Gasteiger partial charge in [0.1, 0.15) is 0 Å². The van der Waals surface area contributed by atoms with Crippen molar-refractivity contribution in [1.82, 2.24) is 0 Å². The molecule has 0 unspecified atom stereocenters. The van der Waals surface area contributed by atoms with E-state index in [0.29, 0.717) is 0 Å². The summed E-state index contributed by atoms with van der Waals surface area (Å²) in [5.74, 6) is 0. The van der Waals surface area contributed by atoms with Gasteiger partial charge in [-0.3, -0.25) is 0 Å². The van der Waals surface area contributed by atoms with E-state index in [4.69, 9.17) is 0 Å². The van der Waals surface area contributed by atoms with Gasteiger partial charge in [-0.25, -0.2) is 0 Å². The summed E-state index contributed by atoms with van der Waals surface area (Å²) in [4.78, 5) is 0. The third-order valence-electron chi connectivity index (χ3n) is 0.604. The molecule has 2 heteroatoms. The summed E-state index contributed by atoms with van der Waals surface area (Å²) < 4.78 is 0. The number of rotatable bonds is 2. The number of hydrogen-bond donors (Lipinski definition) is 0. The van der Waals surface area contributed by atoms with Gasteiger partial charge in [-0.15, -0.1) is 24.0 Å². The Balaban J connectivity index is 0. The molecule has 0 radical (unpaired) electrons. The van der Waals surface area contributed by atoms with Crippen LogP contribution in [0.4, 0.5) is 0 Å². The van der Waals surface area contributed by atoms with Crippen LogP contribution in [0.25, 0.3) is 0 Å². The van der Waals surface area contributed by atoms with E-state index in [9.17, 15) is 0 Å². The second-order valence-corrected chi connectivity index (χ2v) is 2.69. The maximum atomic E-state index is 2.23. The molecule has 0 nitrogen and oxygen atoms in total. The normalized spacial score (nSPS) is 7.17. The average Bonchev–Trinajstić information content (AvgIpc) is 1.41. The van der Waals surface area contributed by atoms with Crippen molar-refractivity contribution in [3.05, 3.63) is 0 Å². The summed E-state index contributed by atoms with van der Waals surface area (Å²) in [5.41, 5.74) is 0. The van der Waals surface area contributed by atoms with Gasteiger partial charge in [-0.05, 0) is 0 Å². The number of halogens is 1. The van der Waals surface area contributed by atoms with Crippen molar-refractivity contribution in [3.8, 4) is 0 Å². The zero-order valence-corrected chi connectivity index (χ0v) is 9.53. The maximum absolute atomic E-state index is 2.23. The van der Waals surface area contributed by atoms with Crippen molar-refractivity contribution >= 4 is 24.0 Å². The topological polar surface area (TPSA) is 0 Å². The molecule has 35 valence electrons. The second kappa shape index (κ2) is 9.61. The van der Waals surface area contributed by atoms with Crippen LogP contribution in [0, 0.1) is 0 Å². The van der Waals surface area contributed by atoms with E-state index in [1.807, 2.05) is 0 Å². The molecule has 0 aliphatic carbocycles. The molecule has 0 amide bonds. The first kappa shape index (κ1) is 10.4. The Morgan fingerprint density at radius 2 is 2.00 bits per heavy atom. The van der Waals surface area contributed by atoms with Crippen LogP contribution in [0.1, 0.15) is 19.8 Å². The fourth-order valence-corrected chi connectivity index (χ4v) is 1.30. The zero-order valence-electron chi connectivity index (χ0n) is 4.24. The molecule has 0 N–H and O–H groups in total. The maximum Gasteiger partial charge on any atom is -0.107 e. The van der Waals surface area contributed by atoms with Gasteiger partial charge in [0.15, 0.2) is 0 Å². The molecule has 0 saturated heterocycles. The van der Waals surface area contributed by atoms with Gasteiger partial charge < -0.3 is 0 Å². The summed E-state index contributed by atoms with van der Waals surface area (Å²) in [5, 5.41) is 1.47. The molecule has 0 aliphatic rings. The monoisotopic (exact) mass is 249 g/mol. The predicted molar refractivity (Wildman–Crippen MR) is 35.1 cm³/mol. The van der Waals surface area contributed by atoms with E-state index in [-0.39, 0.29) is 24.0 Å². The summed E-state index contributed by atoms with van der Waals surface area (Å²) in [7, 11) is 0. The molecule has 0 aromatic carbocycles. The Labute approximate surface area is 66.8 Å².